The van der Waals surface area contributed by atoms with E-state index in [0.717, 1.165) is 30.6 Å². The van der Waals surface area contributed by atoms with E-state index >= 15 is 0 Å². The van der Waals surface area contributed by atoms with Gasteiger partial charge in [-0.25, -0.2) is 0 Å². The van der Waals surface area contributed by atoms with E-state index in [1.807, 2.05) is 6.07 Å². The Bertz CT molecular complexity index is 672. The Labute approximate surface area is 116 Å². The van der Waals surface area contributed by atoms with Crippen LogP contribution in [0.15, 0.2) is 45.9 Å². The van der Waals surface area contributed by atoms with Gasteiger partial charge >= 0.3 is 0 Å². The quantitative estimate of drug-likeness (QED) is 0.923. The Kier molecular flexibility index (Phi) is 3.41. The van der Waals surface area contributed by atoms with Crippen molar-refractivity contribution in [3.05, 3.63) is 58.4 Å². The van der Waals surface area contributed by atoms with Crippen LogP contribution in [0, 0.1) is 0 Å². The molecule has 1 N–H and O–H groups in total. The first-order valence-corrected chi connectivity index (χ1v) is 6.75. The van der Waals surface area contributed by atoms with Crippen LogP contribution in [0.3, 0.4) is 0 Å². The molecule has 104 valence electrons. The third-order valence-corrected chi connectivity index (χ3v) is 3.60. The molecule has 0 radical (unpaired) electrons. The zero-order chi connectivity index (χ0) is 13.9. The van der Waals surface area contributed by atoms with Crippen molar-refractivity contribution in [3.63, 3.8) is 0 Å². The molecule has 5 heteroatoms. The number of rotatable bonds is 3. The molecule has 3 rings (SSSR count). The molecule has 0 fully saturated rings. The minimum Gasteiger partial charge on any atom is -0.469 e. The number of hydrogen-bond acceptors (Lipinski definition) is 3. The van der Waals surface area contributed by atoms with Crippen molar-refractivity contribution in [2.75, 3.05) is 0 Å². The van der Waals surface area contributed by atoms with Crippen molar-refractivity contribution < 1.29 is 9.21 Å². The number of amides is 1. The smallest absolute Gasteiger partial charge is 0.250 e. The molecule has 2 aromatic heterocycles. The predicted molar refractivity (Wildman–Crippen MR) is 73.2 cm³/mol. The lowest BCUT2D eigenvalue weighted by Gasteiger charge is -2.22. The summed E-state index contributed by atoms with van der Waals surface area (Å²) >= 11 is 0. The highest BCUT2D eigenvalue weighted by atomic mass is 16.3. The standard InChI is InChI=1S/C15H16N2O3/c18-14(10-17-8-2-1-6-15(17)19)16-12-4-3-5-13-11(12)7-9-20-13/h1-2,6-9,12H,3-5,10H2,(H,16,18). The highest BCUT2D eigenvalue weighted by Gasteiger charge is 2.23. The van der Waals surface area contributed by atoms with Crippen molar-refractivity contribution in [1.82, 2.24) is 9.88 Å². The average molecular weight is 272 g/mol. The Morgan fingerprint density at radius 3 is 3.15 bits per heavy atom. The summed E-state index contributed by atoms with van der Waals surface area (Å²) in [5.41, 5.74) is 0.889. The number of carbonyl (C=O) groups excluding carboxylic acids is 1. The highest BCUT2D eigenvalue weighted by Crippen LogP contribution is 2.30. The van der Waals surface area contributed by atoms with Crippen LogP contribution in [0.5, 0.6) is 0 Å². The van der Waals surface area contributed by atoms with Gasteiger partial charge in [0, 0.05) is 24.2 Å². The first-order chi connectivity index (χ1) is 9.74. The van der Waals surface area contributed by atoms with E-state index in [2.05, 4.69) is 5.32 Å². The van der Waals surface area contributed by atoms with Gasteiger partial charge in [-0.2, -0.15) is 0 Å². The van der Waals surface area contributed by atoms with Gasteiger partial charge < -0.3 is 14.3 Å². The molecular formula is C15H16N2O3. The number of pyridine rings is 1. The summed E-state index contributed by atoms with van der Waals surface area (Å²) in [5.74, 6) is 0.802. The number of aryl methyl sites for hydroxylation is 1. The lowest BCUT2D eigenvalue weighted by molar-refractivity contribution is -0.122. The number of hydrogen-bond donors (Lipinski definition) is 1. The third kappa shape index (κ3) is 2.52. The molecule has 1 amide bonds. The molecule has 0 spiro atoms. The van der Waals surface area contributed by atoms with Crippen molar-refractivity contribution in [2.45, 2.75) is 31.8 Å². The largest absolute Gasteiger partial charge is 0.469 e. The van der Waals surface area contributed by atoms with Gasteiger partial charge in [-0.15, -0.1) is 0 Å². The highest BCUT2D eigenvalue weighted by molar-refractivity contribution is 5.76. The molecule has 0 bridgehead atoms. The molecular weight excluding hydrogens is 256 g/mol. The number of aromatic nitrogens is 1. The van der Waals surface area contributed by atoms with E-state index in [9.17, 15) is 9.59 Å². The van der Waals surface area contributed by atoms with Gasteiger partial charge in [-0.1, -0.05) is 6.07 Å². The topological polar surface area (TPSA) is 64.2 Å². The van der Waals surface area contributed by atoms with E-state index in [1.165, 1.54) is 10.6 Å². The normalized spacial score (nSPS) is 17.5. The van der Waals surface area contributed by atoms with Gasteiger partial charge in [0.25, 0.3) is 5.56 Å². The van der Waals surface area contributed by atoms with Gasteiger partial charge in [0.05, 0.1) is 12.3 Å². The van der Waals surface area contributed by atoms with Crippen LogP contribution in [0.4, 0.5) is 0 Å². The first kappa shape index (κ1) is 12.7. The second-order valence-corrected chi connectivity index (χ2v) is 4.98. The van der Waals surface area contributed by atoms with E-state index in [0.29, 0.717) is 0 Å². The molecule has 0 saturated carbocycles. The second kappa shape index (κ2) is 5.36. The molecule has 2 aromatic rings. The van der Waals surface area contributed by atoms with Crippen LogP contribution in [-0.2, 0) is 17.8 Å². The fourth-order valence-corrected chi connectivity index (χ4v) is 2.62. The van der Waals surface area contributed by atoms with E-state index < -0.39 is 0 Å². The number of nitrogens with zero attached hydrogens (tertiary/aromatic N) is 1. The van der Waals surface area contributed by atoms with Gasteiger partial charge in [0.2, 0.25) is 5.91 Å². The minimum atomic E-state index is -0.171. The van der Waals surface area contributed by atoms with Crippen LogP contribution in [0.2, 0.25) is 0 Å². The maximum Gasteiger partial charge on any atom is 0.250 e. The Balaban J connectivity index is 1.69. The van der Waals surface area contributed by atoms with Crippen molar-refractivity contribution in [2.24, 2.45) is 0 Å². The van der Waals surface area contributed by atoms with E-state index in [1.54, 1.807) is 24.6 Å². The number of nitrogens with one attached hydrogen (secondary N) is 1. The summed E-state index contributed by atoms with van der Waals surface area (Å²) in [6.45, 7) is 0.0450. The van der Waals surface area contributed by atoms with Gasteiger partial charge in [0.15, 0.2) is 0 Å². The number of fused-ring (bicyclic) bond motifs is 1. The molecule has 0 saturated heterocycles. The maximum atomic E-state index is 12.1. The SMILES string of the molecule is O=C(Cn1ccccc1=O)NC1CCCc2occc21. The molecule has 0 aromatic carbocycles. The van der Waals surface area contributed by atoms with Crippen molar-refractivity contribution in [3.8, 4) is 0 Å². The zero-order valence-corrected chi connectivity index (χ0v) is 11.0. The van der Waals surface area contributed by atoms with Crippen LogP contribution in [0.1, 0.15) is 30.2 Å². The second-order valence-electron chi connectivity index (χ2n) is 4.98. The number of furan rings is 1. The van der Waals surface area contributed by atoms with Crippen LogP contribution in [0.25, 0.3) is 0 Å². The average Bonchev–Trinajstić information content (AvgIpc) is 2.91. The van der Waals surface area contributed by atoms with Crippen LogP contribution < -0.4 is 10.9 Å². The Morgan fingerprint density at radius 1 is 1.40 bits per heavy atom. The van der Waals surface area contributed by atoms with E-state index in [4.69, 9.17) is 4.42 Å². The maximum absolute atomic E-state index is 12.1. The Hall–Kier alpha value is -2.30. The van der Waals surface area contributed by atoms with Crippen molar-refractivity contribution in [1.29, 1.82) is 0 Å². The third-order valence-electron chi connectivity index (χ3n) is 3.60. The molecule has 1 aliphatic rings. The summed E-state index contributed by atoms with van der Waals surface area (Å²) in [6, 6.07) is 6.75. The fraction of sp³-hybridized carbons (Fsp3) is 0.333. The summed E-state index contributed by atoms with van der Waals surface area (Å²) in [7, 11) is 0. The molecule has 5 nitrogen and oxygen atoms in total. The summed E-state index contributed by atoms with van der Waals surface area (Å²) < 4.78 is 6.80. The summed E-state index contributed by atoms with van der Waals surface area (Å²) in [5, 5.41) is 2.98. The van der Waals surface area contributed by atoms with Crippen LogP contribution in [-0.4, -0.2) is 10.5 Å². The van der Waals surface area contributed by atoms with Crippen molar-refractivity contribution >= 4 is 5.91 Å². The molecule has 1 aliphatic carbocycles. The minimum absolute atomic E-state index is 0.00980. The lowest BCUT2D eigenvalue weighted by atomic mass is 9.93. The monoisotopic (exact) mass is 272 g/mol. The molecule has 2 heterocycles. The summed E-state index contributed by atoms with van der Waals surface area (Å²) in [4.78, 5) is 23.6. The zero-order valence-electron chi connectivity index (χ0n) is 11.0. The molecule has 0 aliphatic heterocycles. The molecule has 20 heavy (non-hydrogen) atoms. The molecule has 1 unspecified atom stereocenters. The fourth-order valence-electron chi connectivity index (χ4n) is 2.62. The van der Waals surface area contributed by atoms with Gasteiger partial charge in [-0.05, 0) is 25.0 Å². The van der Waals surface area contributed by atoms with Gasteiger partial charge in [-0.3, -0.25) is 9.59 Å². The summed E-state index contributed by atoms with van der Waals surface area (Å²) in [6.07, 6.45) is 6.11. The predicted octanol–water partition coefficient (Wildman–Crippen LogP) is 1.64. The number of carbonyl (C=O) groups is 1. The lowest BCUT2D eigenvalue weighted by Crippen LogP contribution is -2.35. The van der Waals surface area contributed by atoms with Crippen LogP contribution >= 0.6 is 0 Å². The Morgan fingerprint density at radius 2 is 2.30 bits per heavy atom. The van der Waals surface area contributed by atoms with E-state index in [-0.39, 0.29) is 24.1 Å². The molecule has 1 atom stereocenters. The van der Waals surface area contributed by atoms with Gasteiger partial charge in [0.1, 0.15) is 12.3 Å². The first-order valence-electron chi connectivity index (χ1n) is 6.75.